The first-order chi connectivity index (χ1) is 13.5. The zero-order valence-electron chi connectivity index (χ0n) is 15.2. The summed E-state index contributed by atoms with van der Waals surface area (Å²) >= 11 is 0. The van der Waals surface area contributed by atoms with E-state index in [0.29, 0.717) is 12.1 Å². The number of ether oxygens (including phenoxy) is 1. The van der Waals surface area contributed by atoms with Crippen LogP contribution in [0.5, 0.6) is 0 Å². The van der Waals surface area contributed by atoms with E-state index in [-0.39, 0.29) is 23.8 Å². The van der Waals surface area contributed by atoms with E-state index < -0.39 is 12.0 Å². The molecule has 10 nitrogen and oxygen atoms in total. The van der Waals surface area contributed by atoms with E-state index >= 15 is 0 Å². The third-order valence-corrected chi connectivity index (χ3v) is 3.82. The number of amides is 2. The lowest BCUT2D eigenvalue weighted by Gasteiger charge is -2.04. The maximum Gasteiger partial charge on any atom is 0.413 e. The van der Waals surface area contributed by atoms with E-state index in [1.165, 1.54) is 21.5 Å². The van der Waals surface area contributed by atoms with Gasteiger partial charge in [-0.1, -0.05) is 30.3 Å². The number of hydrogen-bond acceptors (Lipinski definition) is 6. The van der Waals surface area contributed by atoms with Gasteiger partial charge in [0.1, 0.15) is 23.8 Å². The second-order valence-corrected chi connectivity index (χ2v) is 5.88. The van der Waals surface area contributed by atoms with Gasteiger partial charge in [-0.3, -0.25) is 24.3 Å². The van der Waals surface area contributed by atoms with Gasteiger partial charge in [0.2, 0.25) is 0 Å². The van der Waals surface area contributed by atoms with Gasteiger partial charge < -0.3 is 10.1 Å². The van der Waals surface area contributed by atoms with Crippen LogP contribution in [0.3, 0.4) is 0 Å². The van der Waals surface area contributed by atoms with Crippen molar-refractivity contribution >= 4 is 29.9 Å². The van der Waals surface area contributed by atoms with Crippen molar-refractivity contribution < 1.29 is 19.1 Å². The van der Waals surface area contributed by atoms with Crippen LogP contribution in [0, 0.1) is 0 Å². The maximum atomic E-state index is 12.4. The van der Waals surface area contributed by atoms with Crippen molar-refractivity contribution in [3.63, 3.8) is 0 Å². The predicted octanol–water partition coefficient (Wildman–Crippen LogP) is 1.97. The Kier molecular flexibility index (Phi) is 5.49. The zero-order chi connectivity index (χ0) is 20.1. The Hall–Kier alpha value is -3.95. The van der Waals surface area contributed by atoms with Crippen molar-refractivity contribution in [2.75, 3.05) is 10.6 Å². The number of anilines is 2. The molecule has 2 heterocycles. The Bertz CT molecular complexity index is 1010. The van der Waals surface area contributed by atoms with Crippen LogP contribution in [0.2, 0.25) is 0 Å². The summed E-state index contributed by atoms with van der Waals surface area (Å²) < 4.78 is 7.82. The molecule has 0 aliphatic heterocycles. The molecule has 0 spiro atoms. The minimum atomic E-state index is -0.684. The second kappa shape index (κ2) is 8.16. The highest BCUT2D eigenvalue weighted by molar-refractivity contribution is 6.03. The summed E-state index contributed by atoms with van der Waals surface area (Å²) in [4.78, 5) is 35.1. The quantitative estimate of drug-likeness (QED) is 0.629. The monoisotopic (exact) mass is 382 g/mol. The molecule has 3 rings (SSSR count). The average molecular weight is 382 g/mol. The van der Waals surface area contributed by atoms with Gasteiger partial charge in [0.25, 0.3) is 5.91 Å². The largest absolute Gasteiger partial charge is 0.444 e. The van der Waals surface area contributed by atoms with Crippen LogP contribution in [-0.4, -0.2) is 37.8 Å². The minimum absolute atomic E-state index is 0.117. The first kappa shape index (κ1) is 18.8. The van der Waals surface area contributed by atoms with Crippen LogP contribution < -0.4 is 10.6 Å². The van der Waals surface area contributed by atoms with Gasteiger partial charge in [0.05, 0.1) is 0 Å². The summed E-state index contributed by atoms with van der Waals surface area (Å²) in [6.07, 6.45) is -0.0980. The number of nitrogens with zero attached hydrogens (tertiary/aromatic N) is 4. The van der Waals surface area contributed by atoms with Crippen LogP contribution in [0.25, 0.3) is 0 Å². The molecule has 0 radical (unpaired) electrons. The van der Waals surface area contributed by atoms with Gasteiger partial charge in [-0.25, -0.2) is 4.79 Å². The highest BCUT2D eigenvalue weighted by Gasteiger charge is 2.17. The molecule has 0 aliphatic rings. The lowest BCUT2D eigenvalue weighted by atomic mass is 10.2. The summed E-state index contributed by atoms with van der Waals surface area (Å²) in [6, 6.07) is 12.1. The van der Waals surface area contributed by atoms with Crippen LogP contribution in [0.1, 0.15) is 26.5 Å². The normalized spacial score (nSPS) is 10.4. The fourth-order valence-electron chi connectivity index (χ4n) is 2.45. The number of aryl methyl sites for hydroxylation is 2. The average Bonchev–Trinajstić information content (AvgIpc) is 3.23. The summed E-state index contributed by atoms with van der Waals surface area (Å²) in [5.74, 6) is 0.0514. The third kappa shape index (κ3) is 4.41. The van der Waals surface area contributed by atoms with Crippen LogP contribution in [0.15, 0.2) is 42.5 Å². The van der Waals surface area contributed by atoms with Crippen molar-refractivity contribution in [1.82, 2.24) is 19.6 Å². The molecule has 10 heteroatoms. The molecule has 0 unspecified atom stereocenters. The molecule has 0 saturated heterocycles. The molecule has 28 heavy (non-hydrogen) atoms. The molecule has 1 aromatic carbocycles. The lowest BCUT2D eigenvalue weighted by Crippen LogP contribution is -2.17. The van der Waals surface area contributed by atoms with Gasteiger partial charge >= 0.3 is 6.09 Å². The number of carbonyl (C=O) groups excluding carboxylic acids is 3. The van der Waals surface area contributed by atoms with Crippen LogP contribution in [0.4, 0.5) is 16.4 Å². The van der Waals surface area contributed by atoms with E-state index in [1.807, 2.05) is 30.3 Å². The van der Waals surface area contributed by atoms with Gasteiger partial charge in [-0.05, 0) is 5.56 Å². The molecule has 0 saturated carbocycles. The van der Waals surface area contributed by atoms with Crippen molar-refractivity contribution in [2.24, 2.45) is 14.1 Å². The fourth-order valence-corrected chi connectivity index (χ4v) is 2.45. The van der Waals surface area contributed by atoms with E-state index in [9.17, 15) is 14.4 Å². The summed E-state index contributed by atoms with van der Waals surface area (Å²) in [6.45, 7) is 0.117. The smallest absolute Gasteiger partial charge is 0.413 e. The Morgan fingerprint density at radius 2 is 1.82 bits per heavy atom. The second-order valence-electron chi connectivity index (χ2n) is 5.88. The van der Waals surface area contributed by atoms with Crippen molar-refractivity contribution in [2.45, 2.75) is 6.61 Å². The Balaban J connectivity index is 1.61. The standard InChI is InChI=1S/C18H18N6O4/c1-23-14(17(26)20-16-8-13(10-25)21-24(16)2)9-15(22-23)19-18(27)28-11-12-6-4-3-5-7-12/h3-10H,11H2,1-2H3,(H,20,26)(H,19,22,27). The third-order valence-electron chi connectivity index (χ3n) is 3.82. The van der Waals surface area contributed by atoms with E-state index in [2.05, 4.69) is 20.8 Å². The molecule has 0 bridgehead atoms. The molecular formula is C18H18N6O4. The number of aldehydes is 1. The number of benzene rings is 1. The first-order valence-electron chi connectivity index (χ1n) is 8.28. The predicted molar refractivity (Wildman–Crippen MR) is 100 cm³/mol. The molecule has 0 fully saturated rings. The summed E-state index contributed by atoms with van der Waals surface area (Å²) in [5, 5.41) is 13.1. The lowest BCUT2D eigenvalue weighted by molar-refractivity contribution is 0.101. The molecule has 2 amide bonds. The topological polar surface area (TPSA) is 120 Å². The fraction of sp³-hybridized carbons (Fsp3) is 0.167. The van der Waals surface area contributed by atoms with E-state index in [1.54, 1.807) is 14.1 Å². The molecule has 3 aromatic rings. The van der Waals surface area contributed by atoms with Crippen molar-refractivity contribution in [1.29, 1.82) is 0 Å². The van der Waals surface area contributed by atoms with E-state index in [4.69, 9.17) is 4.74 Å². The number of rotatable bonds is 6. The number of carbonyl (C=O) groups is 3. The van der Waals surface area contributed by atoms with Crippen LogP contribution >= 0.6 is 0 Å². The summed E-state index contributed by atoms with van der Waals surface area (Å²) in [7, 11) is 3.16. The number of nitrogens with one attached hydrogen (secondary N) is 2. The number of hydrogen-bond donors (Lipinski definition) is 2. The van der Waals surface area contributed by atoms with Crippen molar-refractivity contribution in [3.8, 4) is 0 Å². The highest BCUT2D eigenvalue weighted by atomic mass is 16.5. The Morgan fingerprint density at radius 1 is 1.07 bits per heavy atom. The van der Waals surface area contributed by atoms with Gasteiger partial charge in [-0.15, -0.1) is 0 Å². The van der Waals surface area contributed by atoms with Crippen molar-refractivity contribution in [3.05, 3.63) is 59.4 Å². The molecule has 0 atom stereocenters. The van der Waals surface area contributed by atoms with Crippen LogP contribution in [-0.2, 0) is 25.4 Å². The van der Waals surface area contributed by atoms with Gasteiger partial charge in [0, 0.05) is 26.2 Å². The highest BCUT2D eigenvalue weighted by Crippen LogP contribution is 2.13. The Morgan fingerprint density at radius 3 is 2.50 bits per heavy atom. The zero-order valence-corrected chi connectivity index (χ0v) is 15.2. The molecule has 2 N–H and O–H groups in total. The SMILES string of the molecule is Cn1nc(C=O)cc1NC(=O)c1cc(NC(=O)OCc2ccccc2)nn1C. The Labute approximate surface area is 160 Å². The van der Waals surface area contributed by atoms with Gasteiger partial charge in [0.15, 0.2) is 12.1 Å². The minimum Gasteiger partial charge on any atom is -0.444 e. The summed E-state index contributed by atoms with van der Waals surface area (Å²) in [5.41, 5.74) is 1.25. The first-order valence-corrected chi connectivity index (χ1v) is 8.28. The molecule has 144 valence electrons. The molecular weight excluding hydrogens is 364 g/mol. The molecule has 0 aliphatic carbocycles. The number of aromatic nitrogens is 4. The van der Waals surface area contributed by atoms with E-state index in [0.717, 1.165) is 5.56 Å². The molecule has 2 aromatic heterocycles. The van der Waals surface area contributed by atoms with Gasteiger partial charge in [-0.2, -0.15) is 10.2 Å². The maximum absolute atomic E-state index is 12.4.